The summed E-state index contributed by atoms with van der Waals surface area (Å²) in [5, 5.41) is 0. The standard InChI is InChI=1S/C9H22NO3PS/c1-5-12-14(11,13-6-2)9-15-8-7-10(3)4/h5-9H2,1-4H3. The van der Waals surface area contributed by atoms with Crippen molar-refractivity contribution in [2.75, 3.05) is 45.1 Å². The molecular weight excluding hydrogens is 233 g/mol. The molecule has 0 bridgehead atoms. The molecule has 0 aliphatic carbocycles. The van der Waals surface area contributed by atoms with E-state index in [1.165, 1.54) is 0 Å². The van der Waals surface area contributed by atoms with E-state index in [9.17, 15) is 4.57 Å². The summed E-state index contributed by atoms with van der Waals surface area (Å²) >= 11 is 1.61. The molecule has 0 aliphatic heterocycles. The molecule has 0 saturated carbocycles. The molecule has 0 saturated heterocycles. The molecule has 92 valence electrons. The lowest BCUT2D eigenvalue weighted by atomic mass is 10.7. The fourth-order valence-electron chi connectivity index (χ4n) is 0.929. The highest BCUT2D eigenvalue weighted by Crippen LogP contribution is 2.50. The van der Waals surface area contributed by atoms with Crippen LogP contribution in [0, 0.1) is 0 Å². The van der Waals surface area contributed by atoms with Gasteiger partial charge in [-0.25, -0.2) is 0 Å². The first-order valence-electron chi connectivity index (χ1n) is 5.14. The molecule has 0 heterocycles. The summed E-state index contributed by atoms with van der Waals surface area (Å²) in [6.07, 6.45) is 0. The molecule has 0 aromatic rings. The maximum absolute atomic E-state index is 12.0. The van der Waals surface area contributed by atoms with Gasteiger partial charge in [-0.15, -0.1) is 11.8 Å². The Morgan fingerprint density at radius 2 is 1.73 bits per heavy atom. The van der Waals surface area contributed by atoms with Gasteiger partial charge in [0.05, 0.1) is 18.7 Å². The molecule has 0 amide bonds. The van der Waals surface area contributed by atoms with E-state index in [-0.39, 0.29) is 0 Å². The first-order chi connectivity index (χ1) is 7.04. The molecule has 0 atom stereocenters. The first kappa shape index (κ1) is 15.5. The van der Waals surface area contributed by atoms with E-state index < -0.39 is 7.60 Å². The summed E-state index contributed by atoms with van der Waals surface area (Å²) < 4.78 is 22.3. The lowest BCUT2D eigenvalue weighted by Crippen LogP contribution is -2.15. The van der Waals surface area contributed by atoms with Crippen molar-refractivity contribution in [3.05, 3.63) is 0 Å². The smallest absolute Gasteiger partial charge is 0.309 e. The number of nitrogens with zero attached hydrogens (tertiary/aromatic N) is 1. The van der Waals surface area contributed by atoms with Crippen LogP contribution in [0.15, 0.2) is 0 Å². The van der Waals surface area contributed by atoms with Gasteiger partial charge in [-0.05, 0) is 27.9 Å². The van der Waals surface area contributed by atoms with Crippen molar-refractivity contribution in [1.29, 1.82) is 0 Å². The zero-order valence-corrected chi connectivity index (χ0v) is 11.8. The maximum Gasteiger partial charge on any atom is 0.340 e. The van der Waals surface area contributed by atoms with E-state index in [1.54, 1.807) is 11.8 Å². The Hall–Kier alpha value is 0.460. The van der Waals surface area contributed by atoms with Gasteiger partial charge < -0.3 is 13.9 Å². The van der Waals surface area contributed by atoms with Crippen molar-refractivity contribution in [3.8, 4) is 0 Å². The summed E-state index contributed by atoms with van der Waals surface area (Å²) in [5.41, 5.74) is 0.447. The van der Waals surface area contributed by atoms with Gasteiger partial charge >= 0.3 is 7.60 Å². The van der Waals surface area contributed by atoms with Crippen LogP contribution in [0.25, 0.3) is 0 Å². The van der Waals surface area contributed by atoms with Gasteiger partial charge in [0.15, 0.2) is 0 Å². The number of hydrogen-bond donors (Lipinski definition) is 0. The monoisotopic (exact) mass is 255 g/mol. The third kappa shape index (κ3) is 8.29. The van der Waals surface area contributed by atoms with Crippen LogP contribution in [0.3, 0.4) is 0 Å². The molecular formula is C9H22NO3PS. The third-order valence-corrected chi connectivity index (χ3v) is 5.35. The second-order valence-electron chi connectivity index (χ2n) is 3.29. The predicted molar refractivity (Wildman–Crippen MR) is 66.7 cm³/mol. The summed E-state index contributed by atoms with van der Waals surface area (Å²) in [4.78, 5) is 2.10. The van der Waals surface area contributed by atoms with Crippen molar-refractivity contribution >= 4 is 19.4 Å². The van der Waals surface area contributed by atoms with Crippen molar-refractivity contribution in [3.63, 3.8) is 0 Å². The Labute approximate surface area is 97.2 Å². The summed E-state index contributed by atoms with van der Waals surface area (Å²) in [5.74, 6) is 0.942. The third-order valence-electron chi connectivity index (χ3n) is 1.58. The molecule has 0 aromatic heterocycles. The van der Waals surface area contributed by atoms with Crippen LogP contribution in [0.2, 0.25) is 0 Å². The molecule has 0 N–H and O–H groups in total. The van der Waals surface area contributed by atoms with Crippen LogP contribution < -0.4 is 0 Å². The summed E-state index contributed by atoms with van der Waals surface area (Å²) in [7, 11) is 1.20. The minimum Gasteiger partial charge on any atom is -0.309 e. The van der Waals surface area contributed by atoms with Crippen molar-refractivity contribution in [2.24, 2.45) is 0 Å². The Kier molecular flexibility index (Phi) is 8.86. The van der Waals surface area contributed by atoms with E-state index in [0.717, 1.165) is 12.3 Å². The van der Waals surface area contributed by atoms with Gasteiger partial charge in [0, 0.05) is 12.3 Å². The van der Waals surface area contributed by atoms with Gasteiger partial charge in [0.1, 0.15) is 0 Å². The van der Waals surface area contributed by atoms with Crippen molar-refractivity contribution < 1.29 is 13.6 Å². The Balaban J connectivity index is 3.80. The Bertz CT molecular complexity index is 192. The SMILES string of the molecule is CCOP(=O)(CSCCN(C)C)OCC. The van der Waals surface area contributed by atoms with Gasteiger partial charge in [-0.1, -0.05) is 0 Å². The topological polar surface area (TPSA) is 38.8 Å². The largest absolute Gasteiger partial charge is 0.340 e. The zero-order valence-electron chi connectivity index (χ0n) is 10.1. The van der Waals surface area contributed by atoms with E-state index in [4.69, 9.17) is 9.05 Å². The van der Waals surface area contributed by atoms with Gasteiger partial charge in [0.25, 0.3) is 0 Å². The zero-order chi connectivity index (χ0) is 11.7. The first-order valence-corrected chi connectivity index (χ1v) is 8.03. The van der Waals surface area contributed by atoms with E-state index in [1.807, 2.05) is 27.9 Å². The molecule has 6 heteroatoms. The quantitative estimate of drug-likeness (QED) is 0.467. The minimum atomic E-state index is -2.83. The minimum absolute atomic E-state index is 0.436. The molecule has 0 rings (SSSR count). The fourth-order valence-corrected chi connectivity index (χ4v) is 4.29. The average Bonchev–Trinajstić information content (AvgIpc) is 2.13. The van der Waals surface area contributed by atoms with Crippen LogP contribution in [-0.2, 0) is 13.6 Å². The molecule has 0 spiro atoms. The number of rotatable bonds is 9. The molecule has 15 heavy (non-hydrogen) atoms. The normalized spacial score (nSPS) is 12.3. The van der Waals surface area contributed by atoms with Gasteiger partial charge in [-0.3, -0.25) is 4.57 Å². The lowest BCUT2D eigenvalue weighted by molar-refractivity contribution is 0.224. The molecule has 4 nitrogen and oxygen atoms in total. The second kappa shape index (κ2) is 8.59. The summed E-state index contributed by atoms with van der Waals surface area (Å²) in [6.45, 7) is 5.51. The highest BCUT2D eigenvalue weighted by atomic mass is 32.2. The van der Waals surface area contributed by atoms with Crippen molar-refractivity contribution in [1.82, 2.24) is 4.90 Å². The average molecular weight is 255 g/mol. The molecule has 0 radical (unpaired) electrons. The van der Waals surface area contributed by atoms with Crippen LogP contribution in [0.5, 0.6) is 0 Å². The molecule has 0 aromatic carbocycles. The van der Waals surface area contributed by atoms with Crippen LogP contribution in [0.4, 0.5) is 0 Å². The fraction of sp³-hybridized carbons (Fsp3) is 1.00. The number of hydrogen-bond acceptors (Lipinski definition) is 5. The summed E-state index contributed by atoms with van der Waals surface area (Å²) in [6, 6.07) is 0. The Morgan fingerprint density at radius 1 is 1.20 bits per heavy atom. The molecule has 0 aliphatic rings. The van der Waals surface area contributed by atoms with Crippen LogP contribution in [-0.4, -0.2) is 50.0 Å². The van der Waals surface area contributed by atoms with Crippen LogP contribution in [0.1, 0.15) is 13.8 Å². The molecule has 0 unspecified atom stereocenters. The molecule has 0 fully saturated rings. The maximum atomic E-state index is 12.0. The van der Waals surface area contributed by atoms with E-state index >= 15 is 0 Å². The number of thioether (sulfide) groups is 1. The highest BCUT2D eigenvalue weighted by Gasteiger charge is 2.22. The van der Waals surface area contributed by atoms with Gasteiger partial charge in [0.2, 0.25) is 0 Å². The van der Waals surface area contributed by atoms with Crippen LogP contribution >= 0.6 is 19.4 Å². The lowest BCUT2D eigenvalue weighted by Gasteiger charge is -2.17. The predicted octanol–water partition coefficient (Wildman–Crippen LogP) is 2.50. The Morgan fingerprint density at radius 3 is 2.13 bits per heavy atom. The second-order valence-corrected chi connectivity index (χ2v) is 6.87. The van der Waals surface area contributed by atoms with E-state index in [2.05, 4.69) is 4.90 Å². The van der Waals surface area contributed by atoms with Gasteiger partial charge in [-0.2, -0.15) is 0 Å². The highest BCUT2D eigenvalue weighted by molar-refractivity contribution is 8.04. The van der Waals surface area contributed by atoms with Crippen molar-refractivity contribution in [2.45, 2.75) is 13.8 Å². The van der Waals surface area contributed by atoms with E-state index in [0.29, 0.717) is 18.7 Å².